The van der Waals surface area contributed by atoms with Gasteiger partial charge in [0, 0.05) is 11.4 Å². The summed E-state index contributed by atoms with van der Waals surface area (Å²) in [5.41, 5.74) is 0.0343. The van der Waals surface area contributed by atoms with Gasteiger partial charge in [-0.3, -0.25) is 14.4 Å². The molecule has 26 heavy (non-hydrogen) atoms. The van der Waals surface area contributed by atoms with Gasteiger partial charge in [-0.15, -0.1) is 23.1 Å². The number of amides is 1. The van der Waals surface area contributed by atoms with E-state index in [-0.39, 0.29) is 23.3 Å². The normalized spacial score (nSPS) is 16.4. The van der Waals surface area contributed by atoms with Crippen LogP contribution in [0.5, 0.6) is 0 Å². The highest BCUT2D eigenvalue weighted by Gasteiger charge is 2.50. The average molecular weight is 396 g/mol. The number of fused-ring (bicyclic) bond motifs is 1. The Kier molecular flexibility index (Phi) is 5.12. The molecule has 0 bridgehead atoms. The highest BCUT2D eigenvalue weighted by molar-refractivity contribution is 7.99. The number of nitrogens with zero attached hydrogens (tertiary/aromatic N) is 1. The van der Waals surface area contributed by atoms with Crippen molar-refractivity contribution in [3.05, 3.63) is 26.6 Å². The van der Waals surface area contributed by atoms with Crippen LogP contribution in [0, 0.1) is 19.3 Å². The molecule has 3 N–H and O–H groups in total. The lowest BCUT2D eigenvalue weighted by Crippen LogP contribution is -2.38. The number of hydrogen-bond acceptors (Lipinski definition) is 6. The van der Waals surface area contributed by atoms with Crippen LogP contribution in [0.15, 0.2) is 4.79 Å². The van der Waals surface area contributed by atoms with Gasteiger partial charge in [0.15, 0.2) is 0 Å². The van der Waals surface area contributed by atoms with Crippen LogP contribution >= 0.6 is 23.1 Å². The molecule has 3 rings (SSSR count). The van der Waals surface area contributed by atoms with E-state index in [0.29, 0.717) is 34.6 Å². The Balaban J connectivity index is 1.60. The largest absolute Gasteiger partial charge is 0.481 e. The molecular weight excluding hydrogens is 374 g/mol. The summed E-state index contributed by atoms with van der Waals surface area (Å²) in [6.45, 7) is 5.80. The van der Waals surface area contributed by atoms with Crippen LogP contribution in [0.2, 0.25) is 0 Å². The Bertz CT molecular complexity index is 930. The second-order valence-corrected chi connectivity index (χ2v) is 9.26. The lowest BCUT2D eigenvalue weighted by molar-refractivity contribution is -0.143. The minimum atomic E-state index is -0.852. The molecule has 1 aliphatic rings. The zero-order valence-corrected chi connectivity index (χ0v) is 16.5. The molecule has 1 aliphatic carbocycles. The average Bonchev–Trinajstić information content (AvgIpc) is 3.32. The molecule has 1 unspecified atom stereocenters. The van der Waals surface area contributed by atoms with E-state index in [9.17, 15) is 14.4 Å². The monoisotopic (exact) mass is 395 g/mol. The molecule has 0 aliphatic heterocycles. The summed E-state index contributed by atoms with van der Waals surface area (Å²) in [4.78, 5) is 44.7. The van der Waals surface area contributed by atoms with E-state index in [1.54, 1.807) is 6.92 Å². The lowest BCUT2D eigenvalue weighted by atomic mass is 10.1. The predicted octanol–water partition coefficient (Wildman–Crippen LogP) is 2.20. The summed E-state index contributed by atoms with van der Waals surface area (Å²) in [6.07, 6.45) is 1.21. The van der Waals surface area contributed by atoms with Gasteiger partial charge in [-0.05, 0) is 39.2 Å². The Hall–Kier alpha value is -1.87. The first kappa shape index (κ1) is 18.9. The van der Waals surface area contributed by atoms with Gasteiger partial charge < -0.3 is 15.4 Å². The summed E-state index contributed by atoms with van der Waals surface area (Å²) in [6, 6.07) is 0. The van der Waals surface area contributed by atoms with Crippen molar-refractivity contribution in [2.75, 3.05) is 6.54 Å². The van der Waals surface area contributed by atoms with E-state index in [4.69, 9.17) is 5.11 Å². The maximum absolute atomic E-state index is 12.3. The van der Waals surface area contributed by atoms with Crippen LogP contribution in [-0.4, -0.2) is 38.7 Å². The molecule has 1 saturated carbocycles. The Morgan fingerprint density at radius 3 is 2.73 bits per heavy atom. The van der Waals surface area contributed by atoms with Crippen molar-refractivity contribution in [3.8, 4) is 0 Å². The molecule has 1 atom stereocenters. The highest BCUT2D eigenvalue weighted by Crippen LogP contribution is 2.45. The lowest BCUT2D eigenvalue weighted by Gasteiger charge is -2.14. The second kappa shape index (κ2) is 7.03. The van der Waals surface area contributed by atoms with Crippen LogP contribution in [0.4, 0.5) is 0 Å². The van der Waals surface area contributed by atoms with E-state index >= 15 is 0 Å². The Morgan fingerprint density at radius 1 is 1.42 bits per heavy atom. The first-order valence-corrected chi connectivity index (χ1v) is 10.2. The van der Waals surface area contributed by atoms with Gasteiger partial charge in [-0.2, -0.15) is 0 Å². The molecule has 1 amide bonds. The van der Waals surface area contributed by atoms with Crippen molar-refractivity contribution < 1.29 is 14.7 Å². The standard InChI is InChI=1S/C17H21N3O4S2/c1-8-9(2)26-15-12(8)14(22)19-11(20-15)6-25-10(3)13(21)18-7-17(4-5-17)16(23)24/h10H,4-7H2,1-3H3,(H,18,21)(H,23,24)(H,19,20,22). The van der Waals surface area contributed by atoms with E-state index in [1.165, 1.54) is 23.1 Å². The van der Waals surface area contributed by atoms with Gasteiger partial charge in [-0.1, -0.05) is 0 Å². The van der Waals surface area contributed by atoms with Gasteiger partial charge >= 0.3 is 5.97 Å². The molecule has 0 radical (unpaired) electrons. The third-order valence-electron chi connectivity index (χ3n) is 4.84. The van der Waals surface area contributed by atoms with Crippen LogP contribution in [-0.2, 0) is 15.3 Å². The fourth-order valence-electron chi connectivity index (χ4n) is 2.66. The topological polar surface area (TPSA) is 112 Å². The zero-order valence-electron chi connectivity index (χ0n) is 14.8. The molecule has 2 aromatic rings. The number of carbonyl (C=O) groups is 2. The minimum absolute atomic E-state index is 0.151. The molecule has 0 saturated heterocycles. The summed E-state index contributed by atoms with van der Waals surface area (Å²) in [7, 11) is 0. The van der Waals surface area contributed by atoms with Crippen molar-refractivity contribution in [1.29, 1.82) is 0 Å². The van der Waals surface area contributed by atoms with Gasteiger partial charge in [0.1, 0.15) is 10.7 Å². The molecule has 7 nitrogen and oxygen atoms in total. The predicted molar refractivity (Wildman–Crippen MR) is 103 cm³/mol. The third kappa shape index (κ3) is 3.64. The third-order valence-corrected chi connectivity index (χ3v) is 7.09. The number of hydrogen-bond donors (Lipinski definition) is 3. The molecule has 140 valence electrons. The van der Waals surface area contributed by atoms with Gasteiger partial charge in [0.25, 0.3) is 5.56 Å². The van der Waals surface area contributed by atoms with Crippen LogP contribution < -0.4 is 10.9 Å². The number of H-pyrrole nitrogens is 1. The van der Waals surface area contributed by atoms with Gasteiger partial charge in [0.05, 0.1) is 21.8 Å². The molecule has 2 aromatic heterocycles. The number of carbonyl (C=O) groups excluding carboxylic acids is 1. The van der Waals surface area contributed by atoms with Gasteiger partial charge in [0.2, 0.25) is 5.91 Å². The van der Waals surface area contributed by atoms with Crippen molar-refractivity contribution in [3.63, 3.8) is 0 Å². The first-order chi connectivity index (χ1) is 12.2. The SMILES string of the molecule is Cc1sc2nc(CSC(C)C(=O)NCC3(C(=O)O)CC3)[nH]c(=O)c2c1C. The first-order valence-electron chi connectivity index (χ1n) is 8.35. The maximum atomic E-state index is 12.3. The summed E-state index contributed by atoms with van der Waals surface area (Å²) < 4.78 is 0. The van der Waals surface area contributed by atoms with Crippen molar-refractivity contribution in [2.45, 2.75) is 44.6 Å². The summed E-state index contributed by atoms with van der Waals surface area (Å²) in [5.74, 6) is -0.110. The van der Waals surface area contributed by atoms with Crippen LogP contribution in [0.1, 0.15) is 36.0 Å². The summed E-state index contributed by atoms with van der Waals surface area (Å²) in [5, 5.41) is 12.1. The van der Waals surface area contributed by atoms with Crippen LogP contribution in [0.25, 0.3) is 10.2 Å². The minimum Gasteiger partial charge on any atom is -0.481 e. The summed E-state index contributed by atoms with van der Waals surface area (Å²) >= 11 is 2.85. The fourth-order valence-corrected chi connectivity index (χ4v) is 4.49. The number of carboxylic acids is 1. The fraction of sp³-hybridized carbons (Fsp3) is 0.529. The Morgan fingerprint density at radius 2 is 2.12 bits per heavy atom. The number of aliphatic carboxylic acids is 1. The number of nitrogens with one attached hydrogen (secondary N) is 2. The van der Waals surface area contributed by atoms with E-state index in [1.807, 2.05) is 13.8 Å². The van der Waals surface area contributed by atoms with Crippen molar-refractivity contribution in [2.24, 2.45) is 5.41 Å². The Labute approximate surface area is 158 Å². The molecule has 1 fully saturated rings. The number of aryl methyl sites for hydroxylation is 2. The maximum Gasteiger partial charge on any atom is 0.311 e. The van der Waals surface area contributed by atoms with Crippen LogP contribution in [0.3, 0.4) is 0 Å². The zero-order chi connectivity index (χ0) is 19.1. The number of carboxylic acid groups (broad SMARTS) is 1. The van der Waals surface area contributed by atoms with Crippen molar-refractivity contribution >= 4 is 45.2 Å². The van der Waals surface area contributed by atoms with E-state index in [2.05, 4.69) is 15.3 Å². The molecule has 0 spiro atoms. The number of aromatic nitrogens is 2. The molecule has 0 aromatic carbocycles. The number of aromatic amines is 1. The molecular formula is C17H21N3O4S2. The van der Waals surface area contributed by atoms with E-state index < -0.39 is 11.4 Å². The number of thioether (sulfide) groups is 1. The smallest absolute Gasteiger partial charge is 0.311 e. The molecule has 9 heteroatoms. The second-order valence-electron chi connectivity index (χ2n) is 6.73. The van der Waals surface area contributed by atoms with E-state index in [0.717, 1.165) is 10.4 Å². The quantitative estimate of drug-likeness (QED) is 0.663. The van der Waals surface area contributed by atoms with Crippen molar-refractivity contribution in [1.82, 2.24) is 15.3 Å². The number of rotatable bonds is 7. The molecule has 2 heterocycles. The highest BCUT2D eigenvalue weighted by atomic mass is 32.2. The number of thiophene rings is 1. The van der Waals surface area contributed by atoms with Gasteiger partial charge in [-0.25, -0.2) is 4.98 Å².